The first-order valence-electron chi connectivity index (χ1n) is 4.95. The molecule has 17 heavy (non-hydrogen) atoms. The number of tetrazole rings is 1. The van der Waals surface area contributed by atoms with E-state index in [-0.39, 0.29) is 0 Å². The third kappa shape index (κ3) is 2.85. The quantitative estimate of drug-likeness (QED) is 0.940. The average molecular weight is 315 g/mol. The molecule has 0 saturated carbocycles. The summed E-state index contributed by atoms with van der Waals surface area (Å²) in [6.45, 7) is 1.74. The summed E-state index contributed by atoms with van der Waals surface area (Å²) in [4.78, 5) is 1.01. The van der Waals surface area contributed by atoms with Gasteiger partial charge in [-0.15, -0.1) is 5.10 Å². The molecule has 0 unspecified atom stereocenters. The van der Waals surface area contributed by atoms with E-state index in [9.17, 15) is 5.11 Å². The smallest absolute Gasteiger partial charge is 0.213 e. The van der Waals surface area contributed by atoms with Gasteiger partial charge >= 0.3 is 0 Å². The molecule has 90 valence electrons. The van der Waals surface area contributed by atoms with Crippen LogP contribution in [0, 0.1) is 0 Å². The molecule has 0 fully saturated rings. The van der Waals surface area contributed by atoms with E-state index in [2.05, 4.69) is 31.5 Å². The Morgan fingerprint density at radius 3 is 2.76 bits per heavy atom. The van der Waals surface area contributed by atoms with Crippen molar-refractivity contribution in [1.29, 1.82) is 0 Å². The summed E-state index contributed by atoms with van der Waals surface area (Å²) in [5.41, 5.74) is 0.873. The van der Waals surface area contributed by atoms with Crippen LogP contribution in [0.5, 0.6) is 0 Å². The molecule has 0 spiro atoms. The predicted molar refractivity (Wildman–Crippen MR) is 67.7 cm³/mol. The number of halogens is 1. The van der Waals surface area contributed by atoms with E-state index in [1.165, 1.54) is 11.8 Å². The minimum Gasteiger partial charge on any atom is -0.389 e. The minimum absolute atomic E-state index is 0.471. The van der Waals surface area contributed by atoms with Crippen molar-refractivity contribution >= 4 is 27.7 Å². The highest BCUT2D eigenvalue weighted by Crippen LogP contribution is 2.33. The molecule has 0 amide bonds. The Balaban J connectivity index is 2.26. The lowest BCUT2D eigenvalue weighted by molar-refractivity contribution is 0.199. The lowest BCUT2D eigenvalue weighted by Gasteiger charge is -2.08. The minimum atomic E-state index is -0.471. The van der Waals surface area contributed by atoms with Crippen molar-refractivity contribution in [2.45, 2.75) is 23.1 Å². The summed E-state index contributed by atoms with van der Waals surface area (Å²) < 4.78 is 2.53. The Morgan fingerprint density at radius 2 is 2.24 bits per heavy atom. The molecule has 1 N–H and O–H groups in total. The molecule has 0 radical (unpaired) electrons. The number of hydrogen-bond donors (Lipinski definition) is 1. The van der Waals surface area contributed by atoms with Gasteiger partial charge in [0.2, 0.25) is 5.16 Å². The van der Waals surface area contributed by atoms with Crippen LogP contribution in [-0.4, -0.2) is 25.3 Å². The third-order valence-electron chi connectivity index (χ3n) is 2.22. The third-order valence-corrected chi connectivity index (χ3v) is 4.24. The second-order valence-corrected chi connectivity index (χ2v) is 5.42. The van der Waals surface area contributed by atoms with Crippen LogP contribution in [0.25, 0.3) is 0 Å². The molecule has 1 atom stereocenters. The molecule has 1 heterocycles. The number of aliphatic hydroxyl groups is 1. The van der Waals surface area contributed by atoms with E-state index < -0.39 is 6.10 Å². The highest BCUT2D eigenvalue weighted by atomic mass is 79.9. The molecule has 0 aliphatic rings. The van der Waals surface area contributed by atoms with Crippen LogP contribution in [0.15, 0.2) is 32.7 Å². The first-order chi connectivity index (χ1) is 8.08. The number of nitrogens with zero attached hydrogens (tertiary/aromatic N) is 4. The molecular formula is C10H11BrN4OS. The molecule has 2 rings (SSSR count). The normalized spacial score (nSPS) is 12.7. The van der Waals surface area contributed by atoms with Crippen LogP contribution in [-0.2, 0) is 7.05 Å². The van der Waals surface area contributed by atoms with Crippen LogP contribution in [0.3, 0.4) is 0 Å². The van der Waals surface area contributed by atoms with Crippen LogP contribution < -0.4 is 0 Å². The molecule has 0 aliphatic carbocycles. The van der Waals surface area contributed by atoms with Gasteiger partial charge in [-0.3, -0.25) is 0 Å². The standard InChI is InChI=1S/C10H11BrN4OS/c1-6(16)7-3-4-9(8(11)5-7)17-10-12-13-14-15(10)2/h3-6,16H,1-2H3/t6-/m1/s1. The molecule has 2 aromatic rings. The summed E-state index contributed by atoms with van der Waals surface area (Å²) in [5, 5.41) is 21.4. The largest absolute Gasteiger partial charge is 0.389 e. The van der Waals surface area contributed by atoms with Gasteiger partial charge in [-0.1, -0.05) is 6.07 Å². The fourth-order valence-corrected chi connectivity index (χ4v) is 2.64. The Morgan fingerprint density at radius 1 is 1.47 bits per heavy atom. The number of hydrogen-bond acceptors (Lipinski definition) is 5. The van der Waals surface area contributed by atoms with Gasteiger partial charge in [0.1, 0.15) is 0 Å². The lowest BCUT2D eigenvalue weighted by atomic mass is 10.1. The van der Waals surface area contributed by atoms with Gasteiger partial charge in [-0.2, -0.15) is 0 Å². The van der Waals surface area contributed by atoms with Gasteiger partial charge in [-0.05, 0) is 62.7 Å². The Hall–Kier alpha value is -0.920. The lowest BCUT2D eigenvalue weighted by Crippen LogP contribution is -1.94. The maximum absolute atomic E-state index is 9.48. The first-order valence-corrected chi connectivity index (χ1v) is 6.56. The van der Waals surface area contributed by atoms with Crippen molar-refractivity contribution in [1.82, 2.24) is 20.2 Å². The van der Waals surface area contributed by atoms with Crippen molar-refractivity contribution in [3.8, 4) is 0 Å². The summed E-state index contributed by atoms with van der Waals surface area (Å²) >= 11 is 4.94. The zero-order chi connectivity index (χ0) is 12.4. The van der Waals surface area contributed by atoms with Crippen LogP contribution in [0.2, 0.25) is 0 Å². The van der Waals surface area contributed by atoms with Gasteiger partial charge in [0.15, 0.2) is 0 Å². The van der Waals surface area contributed by atoms with Gasteiger partial charge in [-0.25, -0.2) is 4.68 Å². The Kier molecular flexibility index (Phi) is 3.80. The molecule has 7 heteroatoms. The van der Waals surface area contributed by atoms with Gasteiger partial charge < -0.3 is 5.11 Å². The number of aliphatic hydroxyl groups excluding tert-OH is 1. The molecular weight excluding hydrogens is 304 g/mol. The molecule has 1 aromatic heterocycles. The molecule has 0 bridgehead atoms. The number of aryl methyl sites for hydroxylation is 1. The second-order valence-electron chi connectivity index (χ2n) is 3.55. The van der Waals surface area contributed by atoms with Gasteiger partial charge in [0.25, 0.3) is 0 Å². The second kappa shape index (κ2) is 5.16. The highest BCUT2D eigenvalue weighted by molar-refractivity contribution is 9.10. The maximum atomic E-state index is 9.48. The zero-order valence-corrected chi connectivity index (χ0v) is 11.7. The van der Waals surface area contributed by atoms with Crippen LogP contribution in [0.4, 0.5) is 0 Å². The van der Waals surface area contributed by atoms with Crippen LogP contribution in [0.1, 0.15) is 18.6 Å². The predicted octanol–water partition coefficient (Wildman–Crippen LogP) is 2.18. The molecule has 1 aromatic carbocycles. The van der Waals surface area contributed by atoms with Crippen molar-refractivity contribution in [2.75, 3.05) is 0 Å². The van der Waals surface area contributed by atoms with E-state index in [0.717, 1.165) is 20.1 Å². The van der Waals surface area contributed by atoms with Crippen molar-refractivity contribution < 1.29 is 5.11 Å². The summed E-state index contributed by atoms with van der Waals surface area (Å²) in [5.74, 6) is 0. The van der Waals surface area contributed by atoms with Crippen molar-refractivity contribution in [3.05, 3.63) is 28.2 Å². The monoisotopic (exact) mass is 314 g/mol. The highest BCUT2D eigenvalue weighted by Gasteiger charge is 2.10. The van der Waals surface area contributed by atoms with E-state index in [4.69, 9.17) is 0 Å². The maximum Gasteiger partial charge on any atom is 0.213 e. The van der Waals surface area contributed by atoms with Gasteiger partial charge in [0, 0.05) is 16.4 Å². The fourth-order valence-electron chi connectivity index (χ4n) is 1.27. The number of aromatic nitrogens is 4. The Bertz CT molecular complexity index is 529. The fraction of sp³-hybridized carbons (Fsp3) is 0.300. The SMILES string of the molecule is C[C@@H](O)c1ccc(Sc2nnnn2C)c(Br)c1. The molecule has 0 saturated heterocycles. The van der Waals surface area contributed by atoms with Crippen molar-refractivity contribution in [2.24, 2.45) is 7.05 Å². The van der Waals surface area contributed by atoms with E-state index in [1.54, 1.807) is 18.7 Å². The zero-order valence-electron chi connectivity index (χ0n) is 9.33. The van der Waals surface area contributed by atoms with E-state index in [0.29, 0.717) is 0 Å². The summed E-state index contributed by atoms with van der Waals surface area (Å²) in [6, 6.07) is 5.73. The van der Waals surface area contributed by atoms with E-state index >= 15 is 0 Å². The number of rotatable bonds is 3. The summed E-state index contributed by atoms with van der Waals surface area (Å²) in [7, 11) is 1.79. The molecule has 0 aliphatic heterocycles. The molecule has 5 nitrogen and oxygen atoms in total. The average Bonchev–Trinajstić information content (AvgIpc) is 2.67. The Labute approximate surface area is 111 Å². The number of benzene rings is 1. The van der Waals surface area contributed by atoms with Crippen LogP contribution >= 0.6 is 27.7 Å². The summed E-state index contributed by atoms with van der Waals surface area (Å²) in [6.07, 6.45) is -0.471. The van der Waals surface area contributed by atoms with Gasteiger partial charge in [0.05, 0.1) is 6.10 Å². The van der Waals surface area contributed by atoms with E-state index in [1.807, 2.05) is 18.2 Å². The topological polar surface area (TPSA) is 63.8 Å². The first kappa shape index (κ1) is 12.5. The van der Waals surface area contributed by atoms with Crippen molar-refractivity contribution in [3.63, 3.8) is 0 Å².